The fourth-order valence-corrected chi connectivity index (χ4v) is 1.88. The van der Waals surface area contributed by atoms with E-state index in [2.05, 4.69) is 32.5 Å². The number of hydrogen-bond acceptors (Lipinski definition) is 7. The van der Waals surface area contributed by atoms with Crippen molar-refractivity contribution < 1.29 is 4.92 Å². The molecule has 0 radical (unpaired) electrons. The summed E-state index contributed by atoms with van der Waals surface area (Å²) < 4.78 is 0. The van der Waals surface area contributed by atoms with Crippen LogP contribution >= 0.6 is 0 Å². The van der Waals surface area contributed by atoms with Crippen LogP contribution in [0.15, 0.2) is 30.9 Å². The molecule has 0 aliphatic heterocycles. The van der Waals surface area contributed by atoms with Crippen LogP contribution in [0.5, 0.6) is 0 Å². The van der Waals surface area contributed by atoms with Gasteiger partial charge in [0.1, 0.15) is 6.33 Å². The maximum Gasteiger partial charge on any atom is 0.353 e. The summed E-state index contributed by atoms with van der Waals surface area (Å²) >= 11 is 0. The lowest BCUT2D eigenvalue weighted by Crippen LogP contribution is -2.10. The molecule has 8 heteroatoms. The van der Waals surface area contributed by atoms with Crippen molar-refractivity contribution in [1.82, 2.24) is 15.0 Å². The highest BCUT2D eigenvalue weighted by atomic mass is 16.6. The summed E-state index contributed by atoms with van der Waals surface area (Å²) in [7, 11) is 0. The lowest BCUT2D eigenvalue weighted by molar-refractivity contribution is -0.383. The first-order chi connectivity index (χ1) is 10.7. The van der Waals surface area contributed by atoms with Crippen LogP contribution in [0.3, 0.4) is 0 Å². The second-order valence-electron chi connectivity index (χ2n) is 4.67. The van der Waals surface area contributed by atoms with Crippen molar-refractivity contribution in [2.45, 2.75) is 26.3 Å². The summed E-state index contributed by atoms with van der Waals surface area (Å²) in [4.78, 5) is 22.8. The van der Waals surface area contributed by atoms with Gasteiger partial charge in [-0.15, -0.1) is 0 Å². The van der Waals surface area contributed by atoms with Crippen LogP contribution in [-0.2, 0) is 6.54 Å². The highest BCUT2D eigenvalue weighted by molar-refractivity contribution is 5.69. The van der Waals surface area contributed by atoms with Crippen molar-refractivity contribution in [3.05, 3.63) is 46.5 Å². The lowest BCUT2D eigenvalue weighted by atomic mass is 10.3. The van der Waals surface area contributed by atoms with Gasteiger partial charge < -0.3 is 10.6 Å². The van der Waals surface area contributed by atoms with E-state index in [4.69, 9.17) is 0 Å². The number of pyridine rings is 1. The summed E-state index contributed by atoms with van der Waals surface area (Å²) in [5, 5.41) is 17.3. The van der Waals surface area contributed by atoms with E-state index in [1.807, 2.05) is 12.1 Å². The van der Waals surface area contributed by atoms with Crippen LogP contribution in [0.25, 0.3) is 0 Å². The van der Waals surface area contributed by atoms with E-state index in [-0.39, 0.29) is 17.3 Å². The van der Waals surface area contributed by atoms with Crippen LogP contribution in [0.1, 0.15) is 25.3 Å². The molecule has 0 saturated carbocycles. The van der Waals surface area contributed by atoms with Crippen molar-refractivity contribution >= 4 is 17.3 Å². The lowest BCUT2D eigenvalue weighted by Gasteiger charge is -2.09. The van der Waals surface area contributed by atoms with Crippen LogP contribution in [0.2, 0.25) is 0 Å². The second kappa shape index (κ2) is 7.87. The minimum atomic E-state index is -0.472. The quantitative estimate of drug-likeness (QED) is 0.438. The van der Waals surface area contributed by atoms with Crippen molar-refractivity contribution in [2.75, 3.05) is 17.2 Å². The molecule has 0 bridgehead atoms. The van der Waals surface area contributed by atoms with Gasteiger partial charge in [0, 0.05) is 25.5 Å². The Kier molecular flexibility index (Phi) is 5.58. The van der Waals surface area contributed by atoms with E-state index in [0.717, 1.165) is 18.4 Å². The number of hydrogen-bond donors (Lipinski definition) is 2. The van der Waals surface area contributed by atoms with Gasteiger partial charge in [0.2, 0.25) is 11.6 Å². The molecule has 0 aliphatic carbocycles. The summed E-state index contributed by atoms with van der Waals surface area (Å²) in [6.45, 7) is 3.09. The number of anilines is 2. The van der Waals surface area contributed by atoms with E-state index < -0.39 is 4.92 Å². The predicted molar refractivity (Wildman–Crippen MR) is 83.6 cm³/mol. The number of nitrogens with zero attached hydrogens (tertiary/aromatic N) is 4. The zero-order valence-electron chi connectivity index (χ0n) is 12.3. The number of aromatic nitrogens is 3. The molecular weight excluding hydrogens is 284 g/mol. The van der Waals surface area contributed by atoms with Crippen LogP contribution in [-0.4, -0.2) is 26.4 Å². The molecule has 2 aromatic heterocycles. The normalized spacial score (nSPS) is 10.2. The highest BCUT2D eigenvalue weighted by Crippen LogP contribution is 2.29. The third-order valence-electron chi connectivity index (χ3n) is 3.01. The zero-order valence-corrected chi connectivity index (χ0v) is 12.3. The molecule has 2 heterocycles. The molecule has 0 aromatic carbocycles. The van der Waals surface area contributed by atoms with E-state index >= 15 is 0 Å². The summed E-state index contributed by atoms with van der Waals surface area (Å²) in [5.74, 6) is 0.435. The Morgan fingerprint density at radius 1 is 1.27 bits per heavy atom. The maximum absolute atomic E-state index is 11.3. The Morgan fingerprint density at radius 2 is 2.05 bits per heavy atom. The Balaban J connectivity index is 2.15. The number of nitrogens with one attached hydrogen (secondary N) is 2. The van der Waals surface area contributed by atoms with Gasteiger partial charge in [-0.05, 0) is 18.1 Å². The minimum absolute atomic E-state index is 0.137. The molecule has 22 heavy (non-hydrogen) atoms. The largest absolute Gasteiger partial charge is 0.364 e. The van der Waals surface area contributed by atoms with Gasteiger partial charge in [-0.3, -0.25) is 15.1 Å². The van der Waals surface area contributed by atoms with Crippen molar-refractivity contribution in [3.63, 3.8) is 0 Å². The molecule has 2 N–H and O–H groups in total. The average Bonchev–Trinajstić information content (AvgIpc) is 2.54. The van der Waals surface area contributed by atoms with E-state index in [9.17, 15) is 10.1 Å². The average molecular weight is 302 g/mol. The molecule has 0 aliphatic rings. The Labute approximate surface area is 128 Å². The topological polar surface area (TPSA) is 106 Å². The van der Waals surface area contributed by atoms with Crippen molar-refractivity contribution in [3.8, 4) is 0 Å². The van der Waals surface area contributed by atoms with Gasteiger partial charge in [0.25, 0.3) is 0 Å². The van der Waals surface area contributed by atoms with Gasteiger partial charge in [-0.25, -0.2) is 9.97 Å². The van der Waals surface area contributed by atoms with E-state index in [1.54, 1.807) is 12.4 Å². The molecule has 0 amide bonds. The molecule has 0 atom stereocenters. The van der Waals surface area contributed by atoms with Crippen molar-refractivity contribution in [2.24, 2.45) is 0 Å². The van der Waals surface area contributed by atoms with Gasteiger partial charge in [0.05, 0.1) is 4.92 Å². The Bertz CT molecular complexity index is 620. The zero-order chi connectivity index (χ0) is 15.8. The van der Waals surface area contributed by atoms with Crippen LogP contribution in [0, 0.1) is 10.1 Å². The fourth-order valence-electron chi connectivity index (χ4n) is 1.88. The summed E-state index contributed by atoms with van der Waals surface area (Å²) in [5.41, 5.74) is 0.776. The molecule has 0 spiro atoms. The minimum Gasteiger partial charge on any atom is -0.364 e. The van der Waals surface area contributed by atoms with E-state index in [1.165, 1.54) is 6.33 Å². The SMILES string of the molecule is CCCCNc1ncnc(NCc2cccnc2)c1[N+](=O)[O-]. The molecule has 0 fully saturated rings. The first-order valence-electron chi connectivity index (χ1n) is 7.08. The highest BCUT2D eigenvalue weighted by Gasteiger charge is 2.22. The first-order valence-corrected chi connectivity index (χ1v) is 7.08. The Hall–Kier alpha value is -2.77. The summed E-state index contributed by atoms with van der Waals surface area (Å²) in [6.07, 6.45) is 6.59. The van der Waals surface area contributed by atoms with E-state index in [0.29, 0.717) is 13.1 Å². The van der Waals surface area contributed by atoms with Gasteiger partial charge in [0.15, 0.2) is 0 Å². The predicted octanol–water partition coefficient (Wildman–Crippen LogP) is 2.60. The van der Waals surface area contributed by atoms with Crippen LogP contribution in [0.4, 0.5) is 17.3 Å². The molecule has 0 unspecified atom stereocenters. The van der Waals surface area contributed by atoms with Crippen LogP contribution < -0.4 is 10.6 Å². The third-order valence-corrected chi connectivity index (χ3v) is 3.01. The van der Waals surface area contributed by atoms with Gasteiger partial charge in [-0.2, -0.15) is 0 Å². The standard InChI is InChI=1S/C14H18N6O2/c1-2-3-7-16-13-12(20(21)22)14(19-10-18-13)17-9-11-5-4-6-15-8-11/h4-6,8,10H,2-3,7,9H2,1H3,(H2,16,17,18,19). The molecule has 116 valence electrons. The van der Waals surface area contributed by atoms with Crippen molar-refractivity contribution in [1.29, 1.82) is 0 Å². The van der Waals surface area contributed by atoms with Gasteiger partial charge in [-0.1, -0.05) is 19.4 Å². The number of unbranched alkanes of at least 4 members (excludes halogenated alkanes) is 1. The molecule has 0 saturated heterocycles. The smallest absolute Gasteiger partial charge is 0.353 e. The second-order valence-corrected chi connectivity index (χ2v) is 4.67. The molecule has 2 aromatic rings. The van der Waals surface area contributed by atoms with Gasteiger partial charge >= 0.3 is 5.69 Å². The monoisotopic (exact) mass is 302 g/mol. The molecule has 2 rings (SSSR count). The third kappa shape index (κ3) is 4.11. The molecular formula is C14H18N6O2. The molecule has 8 nitrogen and oxygen atoms in total. The fraction of sp³-hybridized carbons (Fsp3) is 0.357. The maximum atomic E-state index is 11.3. The summed E-state index contributed by atoms with van der Waals surface area (Å²) in [6, 6.07) is 3.69. The number of nitro groups is 1. The number of rotatable bonds is 8. The first kappa shape index (κ1) is 15.6. The Morgan fingerprint density at radius 3 is 2.68 bits per heavy atom.